The maximum absolute atomic E-state index is 12.9. The fourth-order valence-electron chi connectivity index (χ4n) is 4.98. The van der Waals surface area contributed by atoms with Gasteiger partial charge in [-0.1, -0.05) is 37.4 Å². The lowest BCUT2D eigenvalue weighted by molar-refractivity contribution is 0.0736. The van der Waals surface area contributed by atoms with Crippen molar-refractivity contribution in [3.05, 3.63) is 40.9 Å². The highest BCUT2D eigenvalue weighted by atomic mass is 35.5. The van der Waals surface area contributed by atoms with E-state index in [-0.39, 0.29) is 11.4 Å². The molecule has 2 fully saturated rings. The van der Waals surface area contributed by atoms with E-state index in [0.29, 0.717) is 35.9 Å². The molecule has 3 aliphatic rings. The molecule has 0 radical (unpaired) electrons. The van der Waals surface area contributed by atoms with E-state index in [1.54, 1.807) is 11.0 Å². The molecule has 2 aromatic rings. The topological polar surface area (TPSA) is 77.7 Å². The Balaban J connectivity index is 1.65. The molecule has 1 aromatic carbocycles. The van der Waals surface area contributed by atoms with Crippen molar-refractivity contribution in [2.24, 2.45) is 0 Å². The minimum Gasteiger partial charge on any atom is -0.450 e. The van der Waals surface area contributed by atoms with Crippen molar-refractivity contribution < 1.29 is 14.3 Å². The molecule has 28 heavy (non-hydrogen) atoms. The maximum Gasteiger partial charge on any atom is 0.289 e. The number of hydrogen-bond acceptors (Lipinski definition) is 5. The number of amides is 1. The first kappa shape index (κ1) is 17.9. The van der Waals surface area contributed by atoms with Gasteiger partial charge in [-0.05, 0) is 31.4 Å². The van der Waals surface area contributed by atoms with E-state index in [9.17, 15) is 9.90 Å². The predicted octanol–water partition coefficient (Wildman–Crippen LogP) is 3.94. The molecule has 1 aromatic heterocycles. The number of nitrogens with one attached hydrogen (secondary N) is 2. The minimum atomic E-state index is -0.458. The molecule has 1 spiro atoms. The summed E-state index contributed by atoms with van der Waals surface area (Å²) in [4.78, 5) is 14.5. The van der Waals surface area contributed by atoms with E-state index in [4.69, 9.17) is 16.0 Å². The van der Waals surface area contributed by atoms with E-state index in [2.05, 4.69) is 17.2 Å². The lowest BCUT2D eigenvalue weighted by Crippen LogP contribution is -2.48. The summed E-state index contributed by atoms with van der Waals surface area (Å²) in [7, 11) is 0. The van der Waals surface area contributed by atoms with Crippen LogP contribution in [0, 0.1) is 0 Å². The molecule has 148 valence electrons. The third-order valence-corrected chi connectivity index (χ3v) is 6.57. The van der Waals surface area contributed by atoms with Gasteiger partial charge in [0.05, 0.1) is 28.2 Å². The van der Waals surface area contributed by atoms with Gasteiger partial charge in [0, 0.05) is 24.0 Å². The first-order chi connectivity index (χ1) is 13.5. The fraction of sp³-hybridized carbons (Fsp3) is 0.476. The van der Waals surface area contributed by atoms with Crippen LogP contribution in [-0.4, -0.2) is 35.1 Å². The Labute approximate surface area is 168 Å². The Morgan fingerprint density at radius 3 is 2.82 bits per heavy atom. The summed E-state index contributed by atoms with van der Waals surface area (Å²) in [6.07, 6.45) is 5.53. The van der Waals surface area contributed by atoms with Crippen LogP contribution in [-0.2, 0) is 5.54 Å². The van der Waals surface area contributed by atoms with Crippen molar-refractivity contribution in [2.75, 3.05) is 18.4 Å². The number of furan rings is 1. The maximum atomic E-state index is 12.9. The smallest absolute Gasteiger partial charge is 0.289 e. The van der Waals surface area contributed by atoms with Crippen LogP contribution in [0.3, 0.4) is 0 Å². The molecule has 0 bridgehead atoms. The Bertz CT molecular complexity index is 977. The minimum absolute atomic E-state index is 0.184. The van der Waals surface area contributed by atoms with Crippen LogP contribution >= 0.6 is 11.6 Å². The Hall–Kier alpha value is -2.18. The van der Waals surface area contributed by atoms with E-state index in [1.165, 1.54) is 6.42 Å². The van der Waals surface area contributed by atoms with Crippen LogP contribution < -0.4 is 10.6 Å². The van der Waals surface area contributed by atoms with Crippen molar-refractivity contribution >= 4 is 34.2 Å². The van der Waals surface area contributed by atoms with Crippen LogP contribution in [0.1, 0.15) is 54.6 Å². The van der Waals surface area contributed by atoms with Crippen LogP contribution in [0.5, 0.6) is 0 Å². The number of rotatable bonds is 1. The predicted molar refractivity (Wildman–Crippen MR) is 108 cm³/mol. The molecule has 1 saturated heterocycles. The number of benzene rings is 1. The van der Waals surface area contributed by atoms with E-state index < -0.39 is 6.10 Å². The first-order valence-electron chi connectivity index (χ1n) is 9.95. The average molecular weight is 402 g/mol. The molecule has 1 unspecified atom stereocenters. The summed E-state index contributed by atoms with van der Waals surface area (Å²) in [5, 5.41) is 18.0. The summed E-state index contributed by atoms with van der Waals surface area (Å²) < 4.78 is 6.15. The third-order valence-electron chi connectivity index (χ3n) is 6.27. The van der Waals surface area contributed by atoms with Gasteiger partial charge >= 0.3 is 0 Å². The highest BCUT2D eigenvalue weighted by molar-refractivity contribution is 6.34. The SMILES string of the molecule is C=C1Nc2c(Cl)cc3cc(C(=O)N4CCC(O)C4)oc3c2C2(CCCCC2)N1. The van der Waals surface area contributed by atoms with Gasteiger partial charge in [-0.3, -0.25) is 4.79 Å². The zero-order chi connectivity index (χ0) is 19.5. The lowest BCUT2D eigenvalue weighted by atomic mass is 9.74. The zero-order valence-electron chi connectivity index (χ0n) is 15.7. The number of nitrogens with zero attached hydrogens (tertiary/aromatic N) is 1. The molecular formula is C21H24ClN3O3. The van der Waals surface area contributed by atoms with E-state index in [0.717, 1.165) is 48.1 Å². The van der Waals surface area contributed by atoms with Gasteiger partial charge in [0.2, 0.25) is 0 Å². The molecule has 1 saturated carbocycles. The largest absolute Gasteiger partial charge is 0.450 e. The molecule has 7 heteroatoms. The standard InChI is InChI=1S/C21H24ClN3O3/c1-12-23-18-15(22)9-13-10-16(20(27)25-8-5-14(26)11-25)28-19(13)17(18)21(24-12)6-3-2-4-7-21/h9-10,14,23-24,26H,1-8,11H2. The molecule has 5 rings (SSSR count). The molecule has 6 nitrogen and oxygen atoms in total. The third kappa shape index (κ3) is 2.70. The molecule has 2 aliphatic heterocycles. The van der Waals surface area contributed by atoms with Crippen molar-refractivity contribution in [2.45, 2.75) is 50.2 Å². The molecular weight excluding hydrogens is 378 g/mol. The molecule has 1 aliphatic carbocycles. The van der Waals surface area contributed by atoms with Crippen molar-refractivity contribution in [1.82, 2.24) is 10.2 Å². The Morgan fingerprint density at radius 2 is 2.11 bits per heavy atom. The van der Waals surface area contributed by atoms with Gasteiger partial charge in [0.15, 0.2) is 5.76 Å². The monoisotopic (exact) mass is 401 g/mol. The summed E-state index contributed by atoms with van der Waals surface area (Å²) in [5.41, 5.74) is 2.26. The fourth-order valence-corrected chi connectivity index (χ4v) is 5.24. The Morgan fingerprint density at radius 1 is 1.32 bits per heavy atom. The summed E-state index contributed by atoms with van der Waals surface area (Å²) in [5.74, 6) is 0.852. The number of β-amino-alcohol motifs (C(OH)–C–C–N with tert-alkyl or cyclic N) is 1. The summed E-state index contributed by atoms with van der Waals surface area (Å²) in [6.45, 7) is 4.97. The number of hydrogen-bond donors (Lipinski definition) is 3. The summed E-state index contributed by atoms with van der Waals surface area (Å²) in [6, 6.07) is 3.62. The van der Waals surface area contributed by atoms with Crippen molar-refractivity contribution in [1.29, 1.82) is 0 Å². The summed E-state index contributed by atoms with van der Waals surface area (Å²) >= 11 is 6.62. The average Bonchev–Trinajstić information content (AvgIpc) is 3.28. The normalized spacial score (nSPS) is 23.6. The second kappa shape index (κ2) is 6.42. The quantitative estimate of drug-likeness (QED) is 0.674. The van der Waals surface area contributed by atoms with Gasteiger partial charge in [-0.25, -0.2) is 0 Å². The van der Waals surface area contributed by atoms with Crippen LogP contribution in [0.25, 0.3) is 11.0 Å². The van der Waals surface area contributed by atoms with Gasteiger partial charge in [0.1, 0.15) is 5.58 Å². The van der Waals surface area contributed by atoms with Gasteiger partial charge < -0.3 is 25.1 Å². The van der Waals surface area contributed by atoms with Crippen LogP contribution in [0.4, 0.5) is 5.69 Å². The number of likely N-dealkylation sites (tertiary alicyclic amines) is 1. The number of fused-ring (bicyclic) bond motifs is 4. The number of anilines is 1. The second-order valence-corrected chi connectivity index (χ2v) is 8.61. The van der Waals surface area contributed by atoms with Gasteiger partial charge in [-0.15, -0.1) is 0 Å². The highest BCUT2D eigenvalue weighted by Crippen LogP contribution is 2.49. The number of aliphatic hydroxyl groups excluding tert-OH is 1. The van der Waals surface area contributed by atoms with E-state index in [1.807, 2.05) is 6.07 Å². The Kier molecular flexibility index (Phi) is 4.10. The lowest BCUT2D eigenvalue weighted by Gasteiger charge is -2.44. The number of carbonyl (C=O) groups excluding carboxylic acids is 1. The van der Waals surface area contributed by atoms with Gasteiger partial charge in [-0.2, -0.15) is 0 Å². The number of halogens is 1. The molecule has 3 heterocycles. The van der Waals surface area contributed by atoms with Crippen molar-refractivity contribution in [3.8, 4) is 0 Å². The highest BCUT2D eigenvalue weighted by Gasteiger charge is 2.42. The second-order valence-electron chi connectivity index (χ2n) is 8.20. The van der Waals surface area contributed by atoms with Crippen LogP contribution in [0.15, 0.2) is 28.9 Å². The zero-order valence-corrected chi connectivity index (χ0v) is 16.4. The van der Waals surface area contributed by atoms with Crippen LogP contribution in [0.2, 0.25) is 5.02 Å². The molecule has 1 amide bonds. The van der Waals surface area contributed by atoms with E-state index >= 15 is 0 Å². The number of carbonyl (C=O) groups is 1. The number of aliphatic hydroxyl groups is 1. The first-order valence-corrected chi connectivity index (χ1v) is 10.3. The molecule has 3 N–H and O–H groups in total. The molecule has 1 atom stereocenters. The van der Waals surface area contributed by atoms with Gasteiger partial charge in [0.25, 0.3) is 5.91 Å². The van der Waals surface area contributed by atoms with Crippen molar-refractivity contribution in [3.63, 3.8) is 0 Å².